The van der Waals surface area contributed by atoms with E-state index >= 15 is 0 Å². The lowest BCUT2D eigenvalue weighted by atomic mass is 10.1. The van der Waals surface area contributed by atoms with Gasteiger partial charge in [0.2, 0.25) is 0 Å². The van der Waals surface area contributed by atoms with Crippen LogP contribution in [0.25, 0.3) is 0 Å². The van der Waals surface area contributed by atoms with Crippen molar-refractivity contribution in [2.45, 2.75) is 20.0 Å². The number of nitrogens with zero attached hydrogens (tertiary/aromatic N) is 3. The van der Waals surface area contributed by atoms with Gasteiger partial charge in [-0.3, -0.25) is 4.79 Å². The van der Waals surface area contributed by atoms with E-state index < -0.39 is 0 Å². The third kappa shape index (κ3) is 4.89. The molecule has 0 atom stereocenters. The van der Waals surface area contributed by atoms with Crippen LogP contribution in [-0.2, 0) is 13.1 Å². The van der Waals surface area contributed by atoms with E-state index in [-0.39, 0.29) is 10.6 Å². The molecule has 0 N–H and O–H groups in total. The van der Waals surface area contributed by atoms with Gasteiger partial charge < -0.3 is 9.64 Å². The Kier molecular flexibility index (Phi) is 6.14. The molecule has 140 valence electrons. The highest BCUT2D eigenvalue weighted by Crippen LogP contribution is 2.21. The third-order valence-corrected chi connectivity index (χ3v) is 4.59. The minimum absolute atomic E-state index is 0.166. The molecule has 0 bridgehead atoms. The van der Waals surface area contributed by atoms with Gasteiger partial charge in [-0.05, 0) is 24.6 Å². The van der Waals surface area contributed by atoms with Crippen molar-refractivity contribution >= 4 is 17.3 Å². The molecule has 0 aliphatic heterocycles. The van der Waals surface area contributed by atoms with Gasteiger partial charge in [-0.2, -0.15) is 5.10 Å². The SMILES string of the molecule is Cc1ccc(CN(C)c2cnn(CCOc3ccccc3)c(=O)c2Cl)cc1. The van der Waals surface area contributed by atoms with Gasteiger partial charge >= 0.3 is 0 Å². The van der Waals surface area contributed by atoms with E-state index in [9.17, 15) is 4.79 Å². The zero-order chi connectivity index (χ0) is 19.2. The number of aryl methyl sites for hydroxylation is 1. The summed E-state index contributed by atoms with van der Waals surface area (Å²) in [6, 6.07) is 17.7. The minimum atomic E-state index is -0.318. The highest BCUT2D eigenvalue weighted by molar-refractivity contribution is 6.33. The van der Waals surface area contributed by atoms with Crippen LogP contribution >= 0.6 is 11.6 Å². The maximum atomic E-state index is 12.5. The number of ether oxygens (including phenoxy) is 1. The molecule has 5 nitrogen and oxygen atoms in total. The molecule has 3 aromatic rings. The quantitative estimate of drug-likeness (QED) is 0.620. The lowest BCUT2D eigenvalue weighted by Gasteiger charge is -2.20. The summed E-state index contributed by atoms with van der Waals surface area (Å²) in [5.41, 5.74) is 2.64. The first-order valence-corrected chi connectivity index (χ1v) is 9.12. The van der Waals surface area contributed by atoms with E-state index in [1.165, 1.54) is 10.2 Å². The standard InChI is InChI=1S/C21H22ClN3O2/c1-16-8-10-17(11-9-16)15-24(2)19-14-23-25(21(26)20(19)22)12-13-27-18-6-4-3-5-7-18/h3-11,14H,12-13,15H2,1-2H3. The van der Waals surface area contributed by atoms with Gasteiger partial charge in [0.1, 0.15) is 17.4 Å². The predicted octanol–water partition coefficient (Wildman–Crippen LogP) is 3.92. The van der Waals surface area contributed by atoms with Gasteiger partial charge in [-0.25, -0.2) is 4.68 Å². The van der Waals surface area contributed by atoms with Crippen LogP contribution in [0.4, 0.5) is 5.69 Å². The fourth-order valence-corrected chi connectivity index (χ4v) is 2.99. The monoisotopic (exact) mass is 383 g/mol. The first-order valence-electron chi connectivity index (χ1n) is 8.75. The number of hydrogen-bond acceptors (Lipinski definition) is 4. The second-order valence-corrected chi connectivity index (χ2v) is 6.75. The second-order valence-electron chi connectivity index (χ2n) is 6.38. The highest BCUT2D eigenvalue weighted by atomic mass is 35.5. The lowest BCUT2D eigenvalue weighted by Crippen LogP contribution is -2.29. The average molecular weight is 384 g/mol. The smallest absolute Gasteiger partial charge is 0.287 e. The molecular weight excluding hydrogens is 362 g/mol. The Morgan fingerprint density at radius 3 is 2.52 bits per heavy atom. The molecule has 27 heavy (non-hydrogen) atoms. The summed E-state index contributed by atoms with van der Waals surface area (Å²) >= 11 is 6.32. The van der Waals surface area contributed by atoms with Crippen LogP contribution in [0.5, 0.6) is 5.75 Å². The molecule has 0 radical (unpaired) electrons. The van der Waals surface area contributed by atoms with Crippen LogP contribution in [0.15, 0.2) is 65.6 Å². The van der Waals surface area contributed by atoms with E-state index in [1.54, 1.807) is 6.20 Å². The lowest BCUT2D eigenvalue weighted by molar-refractivity contribution is 0.288. The van der Waals surface area contributed by atoms with Gasteiger partial charge in [0.25, 0.3) is 5.56 Å². The summed E-state index contributed by atoms with van der Waals surface area (Å²) < 4.78 is 6.95. The molecule has 1 aromatic heterocycles. The number of hydrogen-bond donors (Lipinski definition) is 0. The second kappa shape index (κ2) is 8.73. The van der Waals surface area contributed by atoms with Gasteiger partial charge in [0.05, 0.1) is 18.4 Å². The molecule has 0 spiro atoms. The summed E-state index contributed by atoms with van der Waals surface area (Å²) in [6.45, 7) is 3.36. The first kappa shape index (κ1) is 19.0. The van der Waals surface area contributed by atoms with Crippen molar-refractivity contribution in [2.24, 2.45) is 0 Å². The fraction of sp³-hybridized carbons (Fsp3) is 0.238. The molecule has 0 aliphatic carbocycles. The zero-order valence-corrected chi connectivity index (χ0v) is 16.2. The minimum Gasteiger partial charge on any atom is -0.492 e. The van der Waals surface area contributed by atoms with Gasteiger partial charge in [0.15, 0.2) is 0 Å². The maximum Gasteiger partial charge on any atom is 0.287 e. The van der Waals surface area contributed by atoms with Crippen LogP contribution < -0.4 is 15.2 Å². The fourth-order valence-electron chi connectivity index (χ4n) is 2.70. The van der Waals surface area contributed by atoms with E-state index in [2.05, 4.69) is 36.3 Å². The zero-order valence-electron chi connectivity index (χ0n) is 15.4. The number of aromatic nitrogens is 2. The van der Waals surface area contributed by atoms with Crippen molar-refractivity contribution in [1.82, 2.24) is 9.78 Å². The van der Waals surface area contributed by atoms with E-state index in [1.807, 2.05) is 42.3 Å². The van der Waals surface area contributed by atoms with Crippen molar-refractivity contribution in [1.29, 1.82) is 0 Å². The van der Waals surface area contributed by atoms with Gasteiger partial charge in [0, 0.05) is 13.6 Å². The van der Waals surface area contributed by atoms with Crippen molar-refractivity contribution < 1.29 is 4.74 Å². The van der Waals surface area contributed by atoms with E-state index in [0.717, 1.165) is 11.3 Å². The summed E-state index contributed by atoms with van der Waals surface area (Å²) in [5, 5.41) is 4.41. The number of benzene rings is 2. The molecule has 6 heteroatoms. The Balaban J connectivity index is 1.66. The molecule has 0 amide bonds. The molecule has 0 fully saturated rings. The first-order chi connectivity index (χ1) is 13.0. The Bertz CT molecular complexity index is 940. The van der Waals surface area contributed by atoms with Crippen molar-refractivity contribution in [2.75, 3.05) is 18.6 Å². The molecule has 0 saturated carbocycles. The highest BCUT2D eigenvalue weighted by Gasteiger charge is 2.13. The molecular formula is C21H22ClN3O2. The normalized spacial score (nSPS) is 10.6. The molecule has 2 aromatic carbocycles. The van der Waals surface area contributed by atoms with Crippen molar-refractivity contribution in [3.8, 4) is 5.75 Å². The maximum absolute atomic E-state index is 12.5. The summed E-state index contributed by atoms with van der Waals surface area (Å²) in [7, 11) is 1.89. The molecule has 0 unspecified atom stereocenters. The Labute approximate surface area is 163 Å². The number of rotatable bonds is 7. The summed E-state index contributed by atoms with van der Waals surface area (Å²) in [5.74, 6) is 0.756. The van der Waals surface area contributed by atoms with Crippen LogP contribution in [0.1, 0.15) is 11.1 Å². The third-order valence-electron chi connectivity index (χ3n) is 4.23. The summed E-state index contributed by atoms with van der Waals surface area (Å²) in [6.07, 6.45) is 1.63. The van der Waals surface area contributed by atoms with Gasteiger partial charge in [-0.15, -0.1) is 0 Å². The van der Waals surface area contributed by atoms with Crippen molar-refractivity contribution in [3.05, 3.63) is 87.3 Å². The van der Waals surface area contributed by atoms with Crippen LogP contribution in [0.2, 0.25) is 5.02 Å². The Morgan fingerprint density at radius 2 is 1.81 bits per heavy atom. The molecule has 0 aliphatic rings. The number of anilines is 1. The Morgan fingerprint density at radius 1 is 1.11 bits per heavy atom. The van der Waals surface area contributed by atoms with Crippen LogP contribution in [0.3, 0.4) is 0 Å². The van der Waals surface area contributed by atoms with E-state index in [0.29, 0.717) is 25.4 Å². The number of para-hydroxylation sites is 1. The number of halogens is 1. The largest absolute Gasteiger partial charge is 0.492 e. The van der Waals surface area contributed by atoms with Crippen LogP contribution in [-0.4, -0.2) is 23.4 Å². The Hall–Kier alpha value is -2.79. The predicted molar refractivity (Wildman–Crippen MR) is 109 cm³/mol. The van der Waals surface area contributed by atoms with Crippen molar-refractivity contribution in [3.63, 3.8) is 0 Å². The van der Waals surface area contributed by atoms with Crippen LogP contribution in [0, 0.1) is 6.92 Å². The molecule has 3 rings (SSSR count). The average Bonchev–Trinajstić information content (AvgIpc) is 2.68. The molecule has 1 heterocycles. The molecule has 0 saturated heterocycles. The van der Waals surface area contributed by atoms with E-state index in [4.69, 9.17) is 16.3 Å². The summed E-state index contributed by atoms with van der Waals surface area (Å²) in [4.78, 5) is 14.4. The van der Waals surface area contributed by atoms with Gasteiger partial charge in [-0.1, -0.05) is 59.6 Å². The topological polar surface area (TPSA) is 47.4 Å².